The Morgan fingerprint density at radius 1 is 1.10 bits per heavy atom. The fourth-order valence-electron chi connectivity index (χ4n) is 3.28. The molecule has 2 heterocycles. The minimum Gasteiger partial charge on any atom is -0.345 e. The minimum absolute atomic E-state index is 0.0284. The molecular weight excluding hydrogens is 413 g/mol. The lowest BCUT2D eigenvalue weighted by molar-refractivity contribution is 0.0746. The van der Waals surface area contributed by atoms with Gasteiger partial charge in [-0.1, -0.05) is 18.3 Å². The van der Waals surface area contributed by atoms with Crippen molar-refractivity contribution in [2.45, 2.75) is 11.8 Å². The molecule has 1 fully saturated rings. The quantitative estimate of drug-likeness (QED) is 0.632. The zero-order valence-corrected chi connectivity index (χ0v) is 17.5. The maximum atomic E-state index is 13.4. The van der Waals surface area contributed by atoms with Crippen LogP contribution in [0.3, 0.4) is 0 Å². The first-order chi connectivity index (χ1) is 13.9. The maximum absolute atomic E-state index is 13.4. The molecule has 152 valence electrons. The van der Waals surface area contributed by atoms with Crippen molar-refractivity contribution in [2.75, 3.05) is 36.8 Å². The van der Waals surface area contributed by atoms with E-state index in [1.54, 1.807) is 30.0 Å². The van der Waals surface area contributed by atoms with Gasteiger partial charge in [-0.25, -0.2) is 17.8 Å². The summed E-state index contributed by atoms with van der Waals surface area (Å²) >= 11 is 1.44. The fraction of sp³-hybridized carbons (Fsp3) is 0.300. The van der Waals surface area contributed by atoms with E-state index >= 15 is 0 Å². The van der Waals surface area contributed by atoms with Crippen LogP contribution in [0.25, 0.3) is 10.2 Å². The Morgan fingerprint density at radius 2 is 1.79 bits per heavy atom. The van der Waals surface area contributed by atoms with Gasteiger partial charge in [0.15, 0.2) is 15.0 Å². The Kier molecular flexibility index (Phi) is 5.26. The van der Waals surface area contributed by atoms with Gasteiger partial charge >= 0.3 is 0 Å². The Hall–Kier alpha value is -2.52. The molecule has 0 radical (unpaired) electrons. The molecule has 1 amide bonds. The minimum atomic E-state index is -3.28. The SMILES string of the molecule is CCS(=O)(=O)c1ccc(C(=O)N2CCN(c3nc4ccc(F)cc4s3)CC2)cc1. The molecule has 6 nitrogen and oxygen atoms in total. The number of carbonyl (C=O) groups excluding carboxylic acids is 1. The molecule has 4 rings (SSSR count). The van der Waals surface area contributed by atoms with E-state index in [1.807, 2.05) is 0 Å². The van der Waals surface area contributed by atoms with E-state index in [9.17, 15) is 17.6 Å². The average Bonchev–Trinajstić information content (AvgIpc) is 3.16. The van der Waals surface area contributed by atoms with Crippen molar-refractivity contribution in [1.82, 2.24) is 9.88 Å². The molecule has 1 aliphatic heterocycles. The van der Waals surface area contributed by atoms with Crippen LogP contribution in [0.4, 0.5) is 9.52 Å². The summed E-state index contributed by atoms with van der Waals surface area (Å²) in [6.07, 6.45) is 0. The maximum Gasteiger partial charge on any atom is 0.253 e. The lowest BCUT2D eigenvalue weighted by Gasteiger charge is -2.34. The van der Waals surface area contributed by atoms with E-state index in [4.69, 9.17) is 0 Å². The number of aromatic nitrogens is 1. The van der Waals surface area contributed by atoms with Gasteiger partial charge in [0.25, 0.3) is 5.91 Å². The molecular formula is C20H20FN3O3S2. The molecule has 1 aromatic heterocycles. The van der Waals surface area contributed by atoms with Crippen molar-refractivity contribution in [2.24, 2.45) is 0 Å². The lowest BCUT2D eigenvalue weighted by Crippen LogP contribution is -2.48. The van der Waals surface area contributed by atoms with Gasteiger partial charge < -0.3 is 9.80 Å². The number of rotatable bonds is 4. The van der Waals surface area contributed by atoms with Crippen LogP contribution in [0.1, 0.15) is 17.3 Å². The third kappa shape index (κ3) is 3.97. The topological polar surface area (TPSA) is 70.6 Å². The van der Waals surface area contributed by atoms with E-state index in [-0.39, 0.29) is 22.4 Å². The second-order valence-electron chi connectivity index (χ2n) is 6.82. The summed E-state index contributed by atoms with van der Waals surface area (Å²) in [5, 5.41) is 0.826. The van der Waals surface area contributed by atoms with E-state index in [0.29, 0.717) is 31.7 Å². The van der Waals surface area contributed by atoms with Crippen molar-refractivity contribution in [3.63, 3.8) is 0 Å². The highest BCUT2D eigenvalue weighted by Crippen LogP contribution is 2.30. The van der Waals surface area contributed by atoms with Gasteiger partial charge in [0.2, 0.25) is 0 Å². The molecule has 1 saturated heterocycles. The first kappa shape index (κ1) is 19.8. The number of hydrogen-bond donors (Lipinski definition) is 0. The first-order valence-electron chi connectivity index (χ1n) is 9.30. The number of piperazine rings is 1. The van der Waals surface area contributed by atoms with Crippen LogP contribution in [0.15, 0.2) is 47.4 Å². The first-order valence-corrected chi connectivity index (χ1v) is 11.8. The van der Waals surface area contributed by atoms with Gasteiger partial charge in [-0.15, -0.1) is 0 Å². The standard InChI is InChI=1S/C20H20FN3O3S2/c1-2-29(26,27)16-6-3-14(4-7-16)19(25)23-9-11-24(12-10-23)20-22-17-8-5-15(21)13-18(17)28-20/h3-8,13H,2,9-12H2,1H3. The molecule has 29 heavy (non-hydrogen) atoms. The number of anilines is 1. The summed E-state index contributed by atoms with van der Waals surface area (Å²) in [4.78, 5) is 21.4. The normalized spacial score (nSPS) is 15.1. The number of fused-ring (bicyclic) bond motifs is 1. The molecule has 0 saturated carbocycles. The van der Waals surface area contributed by atoms with Crippen molar-refractivity contribution in [1.29, 1.82) is 0 Å². The largest absolute Gasteiger partial charge is 0.345 e. The highest BCUT2D eigenvalue weighted by Gasteiger charge is 2.24. The number of thiazole rings is 1. The summed E-state index contributed by atoms with van der Waals surface area (Å²) in [5.74, 6) is -0.363. The molecule has 0 aliphatic carbocycles. The van der Waals surface area contributed by atoms with Gasteiger partial charge in [-0.3, -0.25) is 4.79 Å². The van der Waals surface area contributed by atoms with Crippen LogP contribution in [-0.2, 0) is 9.84 Å². The molecule has 1 aliphatic rings. The number of hydrogen-bond acceptors (Lipinski definition) is 6. The Bertz CT molecular complexity index is 1150. The average molecular weight is 434 g/mol. The smallest absolute Gasteiger partial charge is 0.253 e. The van der Waals surface area contributed by atoms with Crippen molar-refractivity contribution in [3.8, 4) is 0 Å². The highest BCUT2D eigenvalue weighted by atomic mass is 32.2. The molecule has 3 aromatic rings. The summed E-state index contributed by atoms with van der Waals surface area (Å²) in [6, 6.07) is 10.7. The molecule has 0 N–H and O–H groups in total. The van der Waals surface area contributed by atoms with Gasteiger partial charge in [-0.2, -0.15) is 0 Å². The van der Waals surface area contributed by atoms with Crippen molar-refractivity contribution in [3.05, 3.63) is 53.8 Å². The van der Waals surface area contributed by atoms with Crippen LogP contribution in [0.2, 0.25) is 0 Å². The van der Waals surface area contributed by atoms with Crippen LogP contribution in [-0.4, -0.2) is 56.1 Å². The van der Waals surface area contributed by atoms with Gasteiger partial charge in [-0.05, 0) is 42.5 Å². The number of benzene rings is 2. The highest BCUT2D eigenvalue weighted by molar-refractivity contribution is 7.91. The van der Waals surface area contributed by atoms with Crippen molar-refractivity contribution < 1.29 is 17.6 Å². The van der Waals surface area contributed by atoms with Gasteiger partial charge in [0.05, 0.1) is 20.9 Å². The molecule has 2 aromatic carbocycles. The zero-order chi connectivity index (χ0) is 20.6. The summed E-state index contributed by atoms with van der Waals surface area (Å²) in [6.45, 7) is 3.94. The number of amides is 1. The van der Waals surface area contributed by atoms with Crippen LogP contribution in [0.5, 0.6) is 0 Å². The van der Waals surface area contributed by atoms with E-state index in [2.05, 4.69) is 9.88 Å². The Morgan fingerprint density at radius 3 is 2.45 bits per heavy atom. The number of halogens is 1. The number of nitrogens with zero attached hydrogens (tertiary/aromatic N) is 3. The zero-order valence-electron chi connectivity index (χ0n) is 15.8. The van der Waals surface area contributed by atoms with Crippen LogP contribution in [0, 0.1) is 5.82 Å². The Labute approximate surface area is 172 Å². The van der Waals surface area contributed by atoms with Crippen LogP contribution >= 0.6 is 11.3 Å². The molecule has 0 unspecified atom stereocenters. The summed E-state index contributed by atoms with van der Waals surface area (Å²) < 4.78 is 38.0. The van der Waals surface area contributed by atoms with E-state index in [1.165, 1.54) is 35.6 Å². The predicted molar refractivity (Wildman–Crippen MR) is 112 cm³/mol. The van der Waals surface area contributed by atoms with Crippen molar-refractivity contribution >= 4 is 42.4 Å². The third-order valence-electron chi connectivity index (χ3n) is 5.02. The molecule has 0 bridgehead atoms. The van der Waals surface area contributed by atoms with Crippen LogP contribution < -0.4 is 4.90 Å². The third-order valence-corrected chi connectivity index (χ3v) is 7.85. The second kappa shape index (κ2) is 7.72. The second-order valence-corrected chi connectivity index (χ2v) is 10.1. The van der Waals surface area contributed by atoms with E-state index < -0.39 is 9.84 Å². The van der Waals surface area contributed by atoms with Gasteiger partial charge in [0, 0.05) is 31.7 Å². The summed E-state index contributed by atoms with van der Waals surface area (Å²) in [5.41, 5.74) is 1.25. The molecule has 0 spiro atoms. The number of carbonyl (C=O) groups is 1. The van der Waals surface area contributed by atoms with E-state index in [0.717, 1.165) is 15.3 Å². The number of sulfone groups is 1. The monoisotopic (exact) mass is 433 g/mol. The summed E-state index contributed by atoms with van der Waals surface area (Å²) in [7, 11) is -3.28. The molecule has 9 heteroatoms. The molecule has 0 atom stereocenters. The van der Waals surface area contributed by atoms with Gasteiger partial charge in [0.1, 0.15) is 5.82 Å². The lowest BCUT2D eigenvalue weighted by atomic mass is 10.2. The predicted octanol–water partition coefficient (Wildman–Crippen LogP) is 3.19. The fourth-order valence-corrected chi connectivity index (χ4v) is 5.20. The Balaban J connectivity index is 1.42.